The topological polar surface area (TPSA) is 52.3 Å². The van der Waals surface area contributed by atoms with Gasteiger partial charge in [0, 0.05) is 12.5 Å². The van der Waals surface area contributed by atoms with Crippen molar-refractivity contribution >= 4 is 5.97 Å². The van der Waals surface area contributed by atoms with Crippen LogP contribution in [0.2, 0.25) is 0 Å². The minimum absolute atomic E-state index is 0.147. The van der Waals surface area contributed by atoms with Gasteiger partial charge in [0.1, 0.15) is 5.75 Å². The number of benzene rings is 1. The summed E-state index contributed by atoms with van der Waals surface area (Å²) in [6.45, 7) is 3.92. The lowest BCUT2D eigenvalue weighted by atomic mass is 10.1. The van der Waals surface area contributed by atoms with Gasteiger partial charge in [-0.05, 0) is 37.5 Å². The number of nitrogens with two attached hydrogens (primary N) is 1. The number of rotatable bonds is 5. The van der Waals surface area contributed by atoms with Crippen LogP contribution in [0.3, 0.4) is 0 Å². The fraction of sp³-hybridized carbons (Fsp3) is 0.462. The molecule has 0 aliphatic heterocycles. The Morgan fingerprint density at radius 2 is 2.00 bits per heavy atom. The Morgan fingerprint density at radius 1 is 1.38 bits per heavy atom. The van der Waals surface area contributed by atoms with Crippen molar-refractivity contribution in [1.82, 2.24) is 0 Å². The molecule has 16 heavy (non-hydrogen) atoms. The summed E-state index contributed by atoms with van der Waals surface area (Å²) in [5.74, 6) is 0.425. The van der Waals surface area contributed by atoms with E-state index in [2.05, 4.69) is 0 Å². The Balaban J connectivity index is 2.54. The summed E-state index contributed by atoms with van der Waals surface area (Å²) in [5, 5.41) is 0. The van der Waals surface area contributed by atoms with Gasteiger partial charge in [-0.2, -0.15) is 0 Å². The van der Waals surface area contributed by atoms with E-state index in [4.69, 9.17) is 10.5 Å². The third-order valence-electron chi connectivity index (χ3n) is 2.17. The Hall–Kier alpha value is -1.35. The third-order valence-corrected chi connectivity index (χ3v) is 2.17. The van der Waals surface area contributed by atoms with Gasteiger partial charge < -0.3 is 10.5 Å². The molecule has 88 valence electrons. The first-order chi connectivity index (χ1) is 7.61. The molecule has 0 aromatic heterocycles. The molecule has 0 fully saturated rings. The zero-order chi connectivity index (χ0) is 12.0. The Morgan fingerprint density at radius 3 is 2.50 bits per heavy atom. The molecule has 1 rings (SSSR count). The van der Waals surface area contributed by atoms with Crippen molar-refractivity contribution < 1.29 is 9.53 Å². The molecule has 0 saturated heterocycles. The van der Waals surface area contributed by atoms with Crippen LogP contribution < -0.4 is 10.5 Å². The second-order valence-corrected chi connectivity index (χ2v) is 4.05. The fourth-order valence-electron chi connectivity index (χ4n) is 1.45. The minimum atomic E-state index is -0.178. The van der Waals surface area contributed by atoms with Crippen molar-refractivity contribution in [1.29, 1.82) is 0 Å². The van der Waals surface area contributed by atoms with Gasteiger partial charge in [0.05, 0.1) is 0 Å². The smallest absolute Gasteiger partial charge is 0.311 e. The fourth-order valence-corrected chi connectivity index (χ4v) is 1.45. The van der Waals surface area contributed by atoms with Crippen LogP contribution >= 0.6 is 0 Å². The lowest BCUT2D eigenvalue weighted by Gasteiger charge is -2.07. The highest BCUT2D eigenvalue weighted by Crippen LogP contribution is 2.14. The largest absolute Gasteiger partial charge is 0.427 e. The van der Waals surface area contributed by atoms with Crippen molar-refractivity contribution in [2.75, 3.05) is 0 Å². The summed E-state index contributed by atoms with van der Waals surface area (Å²) in [4.78, 5) is 11.2. The maximum Gasteiger partial charge on any atom is 0.311 e. The van der Waals surface area contributed by atoms with Crippen molar-refractivity contribution in [3.05, 3.63) is 29.8 Å². The van der Waals surface area contributed by atoms with Crippen LogP contribution in [0.1, 0.15) is 32.3 Å². The number of carbonyl (C=O) groups excluding carboxylic acids is 1. The van der Waals surface area contributed by atoms with Crippen molar-refractivity contribution in [2.45, 2.75) is 39.2 Å². The van der Waals surface area contributed by atoms with Crippen LogP contribution in [0.15, 0.2) is 24.3 Å². The molecule has 3 heteroatoms. The average molecular weight is 221 g/mol. The molecule has 3 nitrogen and oxygen atoms in total. The summed E-state index contributed by atoms with van der Waals surface area (Å²) >= 11 is 0. The highest BCUT2D eigenvalue weighted by Gasteiger charge is 2.03. The van der Waals surface area contributed by atoms with Crippen LogP contribution in [0.4, 0.5) is 0 Å². The summed E-state index contributed by atoms with van der Waals surface area (Å²) in [5.41, 5.74) is 6.86. The second kappa shape index (κ2) is 6.28. The van der Waals surface area contributed by atoms with Gasteiger partial charge in [0.25, 0.3) is 0 Å². The molecule has 1 atom stereocenters. The average Bonchev–Trinajstić information content (AvgIpc) is 2.20. The Labute approximate surface area is 96.6 Å². The first-order valence-electron chi connectivity index (χ1n) is 5.67. The molecule has 0 spiro atoms. The molecule has 0 radical (unpaired) electrons. The highest BCUT2D eigenvalue weighted by molar-refractivity contribution is 5.72. The first kappa shape index (κ1) is 12.7. The van der Waals surface area contributed by atoms with Gasteiger partial charge in [-0.25, -0.2) is 0 Å². The quantitative estimate of drug-likeness (QED) is 0.613. The highest BCUT2D eigenvalue weighted by atomic mass is 16.5. The number of ether oxygens (including phenoxy) is 1. The van der Waals surface area contributed by atoms with E-state index >= 15 is 0 Å². The molecule has 0 amide bonds. The summed E-state index contributed by atoms with van der Waals surface area (Å²) in [7, 11) is 0. The number of esters is 1. The Bertz CT molecular complexity index is 330. The Kier molecular flexibility index (Phi) is 4.99. The van der Waals surface area contributed by atoms with E-state index in [1.807, 2.05) is 38.1 Å². The van der Waals surface area contributed by atoms with E-state index < -0.39 is 0 Å². The van der Waals surface area contributed by atoms with Gasteiger partial charge in [0.2, 0.25) is 0 Å². The van der Waals surface area contributed by atoms with E-state index in [0.29, 0.717) is 12.2 Å². The predicted octanol–water partition coefficient (Wildman–Crippen LogP) is 2.28. The number of hydrogen-bond donors (Lipinski definition) is 1. The van der Waals surface area contributed by atoms with Gasteiger partial charge >= 0.3 is 5.97 Å². The van der Waals surface area contributed by atoms with Crippen molar-refractivity contribution in [2.24, 2.45) is 5.73 Å². The molecule has 0 aliphatic carbocycles. The molecule has 0 heterocycles. The van der Waals surface area contributed by atoms with Crippen LogP contribution in [0, 0.1) is 0 Å². The summed E-state index contributed by atoms with van der Waals surface area (Å²) < 4.78 is 5.14. The molecule has 0 bridgehead atoms. The maximum absolute atomic E-state index is 11.2. The number of hydrogen-bond acceptors (Lipinski definition) is 3. The zero-order valence-corrected chi connectivity index (χ0v) is 9.90. The van der Waals surface area contributed by atoms with E-state index in [-0.39, 0.29) is 12.0 Å². The van der Waals surface area contributed by atoms with E-state index in [1.54, 1.807) is 0 Å². The summed E-state index contributed by atoms with van der Waals surface area (Å²) in [6.07, 6.45) is 2.10. The molecule has 0 aliphatic rings. The molecule has 1 unspecified atom stereocenters. The van der Waals surface area contributed by atoms with Gasteiger partial charge in [-0.15, -0.1) is 0 Å². The van der Waals surface area contributed by atoms with E-state index in [1.165, 1.54) is 0 Å². The summed E-state index contributed by atoms with van der Waals surface area (Å²) in [6, 6.07) is 7.65. The first-order valence-corrected chi connectivity index (χ1v) is 5.67. The molecular weight excluding hydrogens is 202 g/mol. The normalized spacial score (nSPS) is 12.2. The molecule has 0 saturated carbocycles. The van der Waals surface area contributed by atoms with Gasteiger partial charge in [-0.3, -0.25) is 4.79 Å². The van der Waals surface area contributed by atoms with Crippen LogP contribution in [-0.2, 0) is 11.2 Å². The maximum atomic E-state index is 11.2. The monoisotopic (exact) mass is 221 g/mol. The molecule has 1 aromatic rings. The van der Waals surface area contributed by atoms with Crippen LogP contribution in [0.25, 0.3) is 0 Å². The molecule has 1 aromatic carbocycles. The predicted molar refractivity (Wildman–Crippen MR) is 64.3 cm³/mol. The lowest BCUT2D eigenvalue weighted by molar-refractivity contribution is -0.134. The van der Waals surface area contributed by atoms with Crippen LogP contribution in [-0.4, -0.2) is 12.0 Å². The molecule has 2 N–H and O–H groups in total. The van der Waals surface area contributed by atoms with Gasteiger partial charge in [0.15, 0.2) is 0 Å². The minimum Gasteiger partial charge on any atom is -0.427 e. The van der Waals surface area contributed by atoms with Crippen LogP contribution in [0.5, 0.6) is 5.75 Å². The van der Waals surface area contributed by atoms with Gasteiger partial charge in [-0.1, -0.05) is 19.1 Å². The molecular formula is C13H19NO2. The van der Waals surface area contributed by atoms with E-state index in [9.17, 15) is 4.79 Å². The number of carbonyl (C=O) groups is 1. The zero-order valence-electron chi connectivity index (χ0n) is 9.90. The lowest BCUT2D eigenvalue weighted by Crippen LogP contribution is -2.17. The second-order valence-electron chi connectivity index (χ2n) is 4.05. The van der Waals surface area contributed by atoms with Crippen molar-refractivity contribution in [3.8, 4) is 5.75 Å². The van der Waals surface area contributed by atoms with E-state index in [0.717, 1.165) is 18.4 Å². The standard InChI is InChI=1S/C13H19NO2/c1-3-4-13(15)16-12-7-5-11(6-8-12)9-10(2)14/h5-8,10H,3-4,9,14H2,1-2H3. The third kappa shape index (κ3) is 4.45. The SMILES string of the molecule is CCCC(=O)Oc1ccc(CC(C)N)cc1. The van der Waals surface area contributed by atoms with Crippen molar-refractivity contribution in [3.63, 3.8) is 0 Å².